The normalized spacial score (nSPS) is 10.8. The Balaban J connectivity index is 0. The molecule has 0 saturated heterocycles. The maximum Gasteiger partial charge on any atom is 1.00 e. The van der Waals surface area contributed by atoms with E-state index >= 15 is 0 Å². The second-order valence-electron chi connectivity index (χ2n) is 4.74. The third-order valence-corrected chi connectivity index (χ3v) is 2.73. The minimum Gasteiger partial charge on any atom is -0.750 e. The van der Waals surface area contributed by atoms with Gasteiger partial charge in [-0.15, -0.1) is 0 Å². The van der Waals surface area contributed by atoms with Crippen molar-refractivity contribution in [3.63, 3.8) is 0 Å². The number of carbonyl (C=O) groups excluding carboxylic acids is 2. The van der Waals surface area contributed by atoms with Gasteiger partial charge in [-0.25, -0.2) is 13.8 Å². The minimum absolute atomic E-state index is 0. The molecule has 1 aromatic carbocycles. The fourth-order valence-electron chi connectivity index (χ4n) is 1.66. The molecule has 0 saturated carbocycles. The molecule has 29 heavy (non-hydrogen) atoms. The molecule has 13 heteroatoms. The summed E-state index contributed by atoms with van der Waals surface area (Å²) in [5.41, 5.74) is 0.450. The van der Waals surface area contributed by atoms with Crippen molar-refractivity contribution in [1.29, 1.82) is 0 Å². The minimum atomic E-state index is -2.86. The van der Waals surface area contributed by atoms with Crippen LogP contribution < -0.4 is 18.9 Å². The number of carbonyl (C=O) groups is 2. The molecule has 0 amide bonds. The van der Waals surface area contributed by atoms with Gasteiger partial charge in [-0.3, -0.25) is 0 Å². The molecule has 11 nitrogen and oxygen atoms in total. The van der Waals surface area contributed by atoms with Crippen molar-refractivity contribution < 1.29 is 70.9 Å². The summed E-state index contributed by atoms with van der Waals surface area (Å²) in [5, 5.41) is 17.1. The fourth-order valence-corrected chi connectivity index (χ4v) is 1.66. The van der Waals surface area contributed by atoms with Crippen LogP contribution in [0.25, 0.3) is 0 Å². The van der Waals surface area contributed by atoms with Crippen molar-refractivity contribution in [3.8, 4) is 0 Å². The number of benzene rings is 1. The maximum atomic E-state index is 11.9. The van der Waals surface area contributed by atoms with Crippen molar-refractivity contribution in [2.75, 3.05) is 52.9 Å². The first-order chi connectivity index (χ1) is 13.4. The fraction of sp³-hybridized carbons (Fsp3) is 0.500. The molecule has 0 aliphatic heterocycles. The maximum absolute atomic E-state index is 11.9. The number of hydrogen-bond acceptors (Lipinski definition) is 10. The Labute approximate surface area is 182 Å². The number of hydrogen-bond donors (Lipinski definition) is 3. The summed E-state index contributed by atoms with van der Waals surface area (Å²) in [6.45, 7) is 0.642. The summed E-state index contributed by atoms with van der Waals surface area (Å²) >= 11 is -2.86. The number of esters is 2. The van der Waals surface area contributed by atoms with Crippen LogP contribution in [0.15, 0.2) is 24.3 Å². The van der Waals surface area contributed by atoms with Crippen molar-refractivity contribution in [2.45, 2.75) is 0 Å². The van der Waals surface area contributed by atoms with E-state index in [0.29, 0.717) is 0 Å². The summed E-state index contributed by atoms with van der Waals surface area (Å²) in [4.78, 5) is 23.7. The van der Waals surface area contributed by atoms with Crippen LogP contribution in [0.4, 0.5) is 0 Å². The van der Waals surface area contributed by atoms with Crippen LogP contribution in [0.5, 0.6) is 0 Å². The SMILES string of the molecule is O=C(OCCOCCO)c1cccc(C(=O)OCCOCCO)c1.O=S([O-])O.[Li+]. The Bertz CT molecular complexity index is 555. The van der Waals surface area contributed by atoms with Crippen molar-refractivity contribution in [2.24, 2.45) is 0 Å². The zero-order chi connectivity index (χ0) is 21.2. The van der Waals surface area contributed by atoms with E-state index in [2.05, 4.69) is 0 Å². The van der Waals surface area contributed by atoms with Crippen LogP contribution in [-0.4, -0.2) is 88.3 Å². The number of ether oxygens (including phenoxy) is 4. The van der Waals surface area contributed by atoms with E-state index in [-0.39, 0.29) is 82.8 Å². The predicted molar refractivity (Wildman–Crippen MR) is 94.4 cm³/mol. The monoisotopic (exact) mass is 430 g/mol. The predicted octanol–water partition coefficient (Wildman–Crippen LogP) is -3.64. The van der Waals surface area contributed by atoms with Gasteiger partial charge in [-0.1, -0.05) is 6.07 Å². The zero-order valence-corrected chi connectivity index (χ0v) is 16.8. The molecular formula is C16H23LiO11S. The Morgan fingerprint density at radius 1 is 0.862 bits per heavy atom. The topological polar surface area (TPSA) is 172 Å². The molecule has 0 radical (unpaired) electrons. The molecule has 1 atom stereocenters. The summed E-state index contributed by atoms with van der Waals surface area (Å²) in [7, 11) is 0. The third-order valence-electron chi connectivity index (χ3n) is 2.73. The van der Waals surface area contributed by atoms with Crippen molar-refractivity contribution >= 4 is 23.3 Å². The Morgan fingerprint density at radius 3 is 1.59 bits per heavy atom. The van der Waals surface area contributed by atoms with E-state index in [9.17, 15) is 9.59 Å². The van der Waals surface area contributed by atoms with Gasteiger partial charge in [-0.2, -0.15) is 0 Å². The molecule has 0 spiro atoms. The molecule has 1 unspecified atom stereocenters. The number of aliphatic hydroxyl groups is 2. The zero-order valence-electron chi connectivity index (χ0n) is 16.0. The van der Waals surface area contributed by atoms with Gasteiger partial charge >= 0.3 is 30.8 Å². The molecular weight excluding hydrogens is 407 g/mol. The standard InChI is InChI=1S/C16H22O8.Li.H2O3S/c17-4-6-21-8-10-23-15(19)13-2-1-3-14(12-13)16(20)24-11-9-22-7-5-18;;1-4(2)3/h1-3,12,17-18H,4-11H2;;(H2,1,2,3)/q;+1;/p-1. The van der Waals surface area contributed by atoms with Crippen LogP contribution in [0.3, 0.4) is 0 Å². The van der Waals surface area contributed by atoms with Gasteiger partial charge in [0.15, 0.2) is 0 Å². The molecule has 0 aliphatic rings. The number of rotatable bonds is 12. The Hall–Kier alpha value is -1.33. The van der Waals surface area contributed by atoms with Gasteiger partial charge in [0.25, 0.3) is 0 Å². The average molecular weight is 430 g/mol. The van der Waals surface area contributed by atoms with Gasteiger partial charge < -0.3 is 38.3 Å². The number of aliphatic hydroxyl groups excluding tert-OH is 2. The van der Waals surface area contributed by atoms with Crippen LogP contribution in [0.2, 0.25) is 0 Å². The van der Waals surface area contributed by atoms with E-state index in [0.717, 1.165) is 0 Å². The molecule has 0 fully saturated rings. The first-order valence-corrected chi connectivity index (χ1v) is 9.05. The quantitative estimate of drug-likeness (QED) is 0.129. The van der Waals surface area contributed by atoms with Gasteiger partial charge in [0.1, 0.15) is 13.2 Å². The third kappa shape index (κ3) is 17.3. The molecule has 160 valence electrons. The van der Waals surface area contributed by atoms with Crippen LogP contribution in [0.1, 0.15) is 20.7 Å². The first kappa shape index (κ1) is 29.9. The summed E-state index contributed by atoms with van der Waals surface area (Å²) < 4.78 is 44.0. The second kappa shape index (κ2) is 20.0. The van der Waals surface area contributed by atoms with Gasteiger partial charge in [0.05, 0.1) is 62.1 Å². The second-order valence-corrected chi connectivity index (χ2v) is 5.18. The van der Waals surface area contributed by atoms with Gasteiger partial charge in [0.2, 0.25) is 0 Å². The first-order valence-electron chi connectivity index (χ1n) is 8.02. The van der Waals surface area contributed by atoms with Crippen LogP contribution in [-0.2, 0) is 30.3 Å². The van der Waals surface area contributed by atoms with Gasteiger partial charge in [-0.05, 0) is 18.2 Å². The molecule has 1 rings (SSSR count). The average Bonchev–Trinajstić information content (AvgIpc) is 2.67. The summed E-state index contributed by atoms with van der Waals surface area (Å²) in [6.07, 6.45) is 0. The summed E-state index contributed by atoms with van der Waals surface area (Å²) in [5.74, 6) is -1.16. The molecule has 0 aromatic heterocycles. The van der Waals surface area contributed by atoms with E-state index in [1.54, 1.807) is 6.07 Å². The molecule has 0 heterocycles. The van der Waals surface area contributed by atoms with Crippen LogP contribution in [0, 0.1) is 0 Å². The smallest absolute Gasteiger partial charge is 0.750 e. The van der Waals surface area contributed by atoms with E-state index in [4.69, 9.17) is 42.5 Å². The van der Waals surface area contributed by atoms with Crippen molar-refractivity contribution in [3.05, 3.63) is 35.4 Å². The van der Waals surface area contributed by atoms with Gasteiger partial charge in [0, 0.05) is 0 Å². The Kier molecular flexibility index (Phi) is 20.6. The largest absolute Gasteiger partial charge is 1.00 e. The molecule has 0 bridgehead atoms. The van der Waals surface area contributed by atoms with Crippen molar-refractivity contribution in [1.82, 2.24) is 0 Å². The van der Waals surface area contributed by atoms with E-state index < -0.39 is 23.3 Å². The molecule has 1 aromatic rings. The molecule has 3 N–H and O–H groups in total. The summed E-state index contributed by atoms with van der Waals surface area (Å²) in [6, 6.07) is 5.99. The van der Waals surface area contributed by atoms with E-state index in [1.807, 2.05) is 0 Å². The Morgan fingerprint density at radius 2 is 1.24 bits per heavy atom. The molecule has 0 aliphatic carbocycles. The van der Waals surface area contributed by atoms with Crippen LogP contribution >= 0.6 is 0 Å². The van der Waals surface area contributed by atoms with E-state index in [1.165, 1.54) is 18.2 Å².